The number of nitrogens with zero attached hydrogens (tertiary/aromatic N) is 3. The molecule has 0 radical (unpaired) electrons. The lowest BCUT2D eigenvalue weighted by molar-refractivity contribution is -0.143. The first-order valence-corrected chi connectivity index (χ1v) is 22.6. The van der Waals surface area contributed by atoms with Gasteiger partial charge < -0.3 is 29.7 Å². The van der Waals surface area contributed by atoms with Crippen molar-refractivity contribution < 1.29 is 50.6 Å². The molecule has 1 aromatic heterocycles. The normalized spacial score (nSPS) is 32.1. The molecule has 4 aliphatic carbocycles. The quantitative estimate of drug-likeness (QED) is 0.330. The smallest absolute Gasteiger partial charge is 0.408 e. The summed E-state index contributed by atoms with van der Waals surface area (Å²) in [4.78, 5) is 68.0. The van der Waals surface area contributed by atoms with Gasteiger partial charge in [0.25, 0.3) is 5.91 Å². The van der Waals surface area contributed by atoms with E-state index in [-0.39, 0.29) is 30.4 Å². The number of hydrogen-bond donors (Lipinski definition) is 3. The van der Waals surface area contributed by atoms with Crippen molar-refractivity contribution in [1.82, 2.24) is 30.2 Å². The first kappa shape index (κ1) is 42.1. The Morgan fingerprint density at radius 1 is 1.07 bits per heavy atom. The molecule has 326 valence electrons. The summed E-state index contributed by atoms with van der Waals surface area (Å²) in [5.74, 6) is -4.39. The standard InChI is InChI=1S/C42H54F2N6O9S/c1-21-31-20-50(32(21)36(51)48-42(19-27(42)35(43)44)39(53)49-60(55,56)25-14-15-25)38(52)34(41(2,3)4)47-40(54)59-33-23-12-11-22(17-23)26(33)9-7-6-8-10-29-37(58-31)46-30-18-24(57-5)13-16-28(30)45-29/h11,13,16,18,21,23,25-27,31-35H,6-10,12,14-15,17,19-20H2,1-5H3,(H,47,54)(H,48,51)(H,49,53)/t21-,23+,26-,27+,31+,32+,33-,34-,42-/m1/s1. The fourth-order valence-electron chi connectivity index (χ4n) is 9.64. The molecular formula is C42H54F2N6O9S. The number of amides is 4. The van der Waals surface area contributed by atoms with E-state index in [2.05, 4.69) is 16.7 Å². The van der Waals surface area contributed by atoms with Crippen LogP contribution in [0.1, 0.15) is 91.2 Å². The molecule has 0 unspecified atom stereocenters. The van der Waals surface area contributed by atoms with Gasteiger partial charge in [0.1, 0.15) is 41.3 Å². The fourth-order valence-corrected chi connectivity index (χ4v) is 11.0. The number of fused-ring (bicyclic) bond motifs is 9. The number of hydrogen-bond acceptors (Lipinski definition) is 11. The number of sulfonamides is 1. The molecule has 3 heterocycles. The number of allylic oxidation sites excluding steroid dienone is 1. The molecule has 1 aromatic carbocycles. The number of ether oxygens (including phenoxy) is 3. The van der Waals surface area contributed by atoms with Gasteiger partial charge in [0.2, 0.25) is 34.1 Å². The summed E-state index contributed by atoms with van der Waals surface area (Å²) < 4.78 is 74.3. The van der Waals surface area contributed by atoms with Crippen molar-refractivity contribution in [3.8, 4) is 11.6 Å². The lowest BCUT2D eigenvalue weighted by Gasteiger charge is -2.36. The van der Waals surface area contributed by atoms with Crippen molar-refractivity contribution in [3.63, 3.8) is 0 Å². The molecule has 6 aliphatic rings. The molecule has 0 spiro atoms. The highest BCUT2D eigenvalue weighted by Crippen LogP contribution is 2.50. The first-order chi connectivity index (χ1) is 28.4. The third-order valence-electron chi connectivity index (χ3n) is 13.4. The van der Waals surface area contributed by atoms with Gasteiger partial charge in [0.15, 0.2) is 0 Å². The molecule has 15 nitrogen and oxygen atoms in total. The van der Waals surface area contributed by atoms with Crippen LogP contribution >= 0.6 is 0 Å². The van der Waals surface area contributed by atoms with E-state index >= 15 is 0 Å². The van der Waals surface area contributed by atoms with Crippen LogP contribution in [0.3, 0.4) is 0 Å². The maximum Gasteiger partial charge on any atom is 0.408 e. The fraction of sp³-hybridized carbons (Fsp3) is 0.667. The van der Waals surface area contributed by atoms with E-state index in [1.54, 1.807) is 39.8 Å². The van der Waals surface area contributed by atoms with Crippen LogP contribution < -0.4 is 24.8 Å². The van der Waals surface area contributed by atoms with E-state index in [9.17, 15) is 36.4 Å². The molecule has 9 atom stereocenters. The number of methoxy groups -OCH3 is 1. The Hall–Kier alpha value is -4.61. The number of alkyl halides is 2. The van der Waals surface area contributed by atoms with Crippen molar-refractivity contribution in [1.29, 1.82) is 0 Å². The van der Waals surface area contributed by atoms with Crippen LogP contribution in [0, 0.1) is 29.1 Å². The number of carbonyl (C=O) groups excluding carboxylic acids is 4. The summed E-state index contributed by atoms with van der Waals surface area (Å²) in [5.41, 5.74) is -0.161. The number of aromatic nitrogens is 2. The Morgan fingerprint density at radius 2 is 1.83 bits per heavy atom. The van der Waals surface area contributed by atoms with Gasteiger partial charge in [-0.05, 0) is 68.9 Å². The molecule has 2 aliphatic heterocycles. The summed E-state index contributed by atoms with van der Waals surface area (Å²) in [5, 5.41) is 4.49. The van der Waals surface area contributed by atoms with Crippen molar-refractivity contribution in [2.75, 3.05) is 13.7 Å². The van der Waals surface area contributed by atoms with Gasteiger partial charge >= 0.3 is 6.09 Å². The Balaban J connectivity index is 1.16. The summed E-state index contributed by atoms with van der Waals surface area (Å²) in [6, 6.07) is 2.69. The Bertz CT molecular complexity index is 2210. The van der Waals surface area contributed by atoms with Gasteiger partial charge in [-0.2, -0.15) is 0 Å². The molecule has 4 bridgehead atoms. The predicted molar refractivity (Wildman–Crippen MR) is 213 cm³/mol. The third kappa shape index (κ3) is 7.99. The maximum absolute atomic E-state index is 14.9. The molecule has 8 rings (SSSR count). The second-order valence-corrected chi connectivity index (χ2v) is 20.5. The number of rotatable bonds is 7. The van der Waals surface area contributed by atoms with E-state index in [0.29, 0.717) is 41.7 Å². The Morgan fingerprint density at radius 3 is 2.52 bits per heavy atom. The number of aryl methyl sites for hydroxylation is 1. The minimum Gasteiger partial charge on any atom is -0.497 e. The van der Waals surface area contributed by atoms with Crippen LogP contribution in [0.25, 0.3) is 11.0 Å². The van der Waals surface area contributed by atoms with Crippen molar-refractivity contribution in [2.24, 2.45) is 29.1 Å². The van der Waals surface area contributed by atoms with Gasteiger partial charge in [-0.15, -0.1) is 0 Å². The number of benzene rings is 1. The van der Waals surface area contributed by atoms with Gasteiger partial charge in [-0.25, -0.2) is 32.0 Å². The van der Waals surface area contributed by atoms with E-state index in [1.807, 2.05) is 10.8 Å². The summed E-state index contributed by atoms with van der Waals surface area (Å²) in [6.45, 7) is 6.77. The minimum absolute atomic E-state index is 0.0584. The van der Waals surface area contributed by atoms with Gasteiger partial charge in [-0.3, -0.25) is 19.1 Å². The van der Waals surface area contributed by atoms with E-state index in [1.165, 1.54) is 17.6 Å². The molecule has 2 aromatic rings. The van der Waals surface area contributed by atoms with E-state index in [4.69, 9.17) is 24.2 Å². The monoisotopic (exact) mass is 856 g/mol. The van der Waals surface area contributed by atoms with Crippen LogP contribution in [-0.4, -0.2) is 102 Å². The SMILES string of the molecule is COc1ccc2nc3c(nc2c1)O[C@H]1CN(C(=O)[C@H](C(C)(C)C)NC(=O)O[C@@H]2[C@H]4CC=C(C4)[C@H]2CCCCC3)[C@H](C(=O)N[C@]2(C(=O)NS(=O)(=O)C3CC3)C[C@H]2C(F)F)[C@@H]1C. The minimum atomic E-state index is -4.15. The summed E-state index contributed by atoms with van der Waals surface area (Å²) in [6.07, 6.45) is 2.82. The lowest BCUT2D eigenvalue weighted by atomic mass is 9.85. The topological polar surface area (TPSA) is 195 Å². The number of nitrogens with one attached hydrogen (secondary N) is 3. The zero-order valence-electron chi connectivity index (χ0n) is 34.5. The predicted octanol–water partition coefficient (Wildman–Crippen LogP) is 4.57. The molecule has 4 fully saturated rings. The maximum atomic E-state index is 14.9. The average Bonchev–Trinajstić information content (AvgIpc) is 4.07. The van der Waals surface area contributed by atoms with Gasteiger partial charge in [0, 0.05) is 23.8 Å². The molecule has 3 saturated carbocycles. The number of halogens is 2. The van der Waals surface area contributed by atoms with Crippen LogP contribution in [0.5, 0.6) is 11.6 Å². The Kier molecular flexibility index (Phi) is 11.0. The third-order valence-corrected chi connectivity index (χ3v) is 15.2. The van der Waals surface area contributed by atoms with Crippen molar-refractivity contribution in [2.45, 2.75) is 133 Å². The first-order valence-electron chi connectivity index (χ1n) is 21.0. The zero-order chi connectivity index (χ0) is 42.9. The van der Waals surface area contributed by atoms with Crippen LogP contribution in [0.15, 0.2) is 29.8 Å². The highest BCUT2D eigenvalue weighted by molar-refractivity contribution is 7.91. The molecule has 60 heavy (non-hydrogen) atoms. The number of carbonyl (C=O) groups is 4. The summed E-state index contributed by atoms with van der Waals surface area (Å²) >= 11 is 0. The second kappa shape index (κ2) is 15.7. The number of alkyl carbamates (subject to hydrolysis) is 1. The molecular weight excluding hydrogens is 803 g/mol. The molecule has 3 N–H and O–H groups in total. The van der Waals surface area contributed by atoms with Crippen LogP contribution in [0.4, 0.5) is 13.6 Å². The zero-order valence-corrected chi connectivity index (χ0v) is 35.4. The second-order valence-electron chi connectivity index (χ2n) is 18.6. The van der Waals surface area contributed by atoms with Gasteiger partial charge in [-0.1, -0.05) is 52.2 Å². The van der Waals surface area contributed by atoms with Crippen molar-refractivity contribution >= 4 is 44.9 Å². The van der Waals surface area contributed by atoms with Crippen LogP contribution in [-0.2, 0) is 35.6 Å². The molecule has 1 saturated heterocycles. The molecule has 18 heteroatoms. The largest absolute Gasteiger partial charge is 0.497 e. The lowest BCUT2D eigenvalue weighted by Crippen LogP contribution is -2.61. The average molecular weight is 857 g/mol. The summed E-state index contributed by atoms with van der Waals surface area (Å²) in [7, 11) is -2.61. The Labute approximate surface area is 348 Å². The van der Waals surface area contributed by atoms with E-state index in [0.717, 1.165) is 38.5 Å². The highest BCUT2D eigenvalue weighted by Gasteiger charge is 2.67. The van der Waals surface area contributed by atoms with Crippen molar-refractivity contribution in [3.05, 3.63) is 35.5 Å². The van der Waals surface area contributed by atoms with Gasteiger partial charge in [0.05, 0.1) is 35.9 Å². The molecule has 4 amide bonds. The van der Waals surface area contributed by atoms with E-state index < -0.39 is 92.9 Å². The van der Waals surface area contributed by atoms with Crippen LogP contribution in [0.2, 0.25) is 0 Å². The highest BCUT2D eigenvalue weighted by atomic mass is 32.2.